The number of carbonyl (C=O) groups is 1. The Kier molecular flexibility index (Phi) is 2.82. The van der Waals surface area contributed by atoms with E-state index >= 15 is 0 Å². The molecule has 0 saturated carbocycles. The molecule has 1 aliphatic heterocycles. The second kappa shape index (κ2) is 3.48. The lowest BCUT2D eigenvalue weighted by Gasteiger charge is -2.25. The highest BCUT2D eigenvalue weighted by molar-refractivity contribution is 8.00. The van der Waals surface area contributed by atoms with Crippen LogP contribution in [0.25, 0.3) is 0 Å². The van der Waals surface area contributed by atoms with E-state index in [1.165, 1.54) is 0 Å². The van der Waals surface area contributed by atoms with Crippen molar-refractivity contribution in [2.45, 2.75) is 38.6 Å². The molecule has 1 rings (SSSR count). The minimum Gasteiger partial charge on any atom is -0.327 e. The first kappa shape index (κ1) is 8.91. The van der Waals surface area contributed by atoms with Crippen molar-refractivity contribution in [1.29, 1.82) is 0 Å². The summed E-state index contributed by atoms with van der Waals surface area (Å²) < 4.78 is 0. The number of hydrogen-bond donors (Lipinski definition) is 0. The standard InChI is InChI=1S/C8H15NOS/c1-4-8-5-11-7(3)9(8)6(2)10/h7-8H,4-5H2,1-3H3. The quantitative estimate of drug-likeness (QED) is 0.601. The molecule has 0 aromatic rings. The molecule has 0 aliphatic carbocycles. The lowest BCUT2D eigenvalue weighted by molar-refractivity contribution is -0.130. The number of hydrogen-bond acceptors (Lipinski definition) is 2. The van der Waals surface area contributed by atoms with Crippen LogP contribution >= 0.6 is 11.8 Å². The largest absolute Gasteiger partial charge is 0.327 e. The average molecular weight is 173 g/mol. The monoisotopic (exact) mass is 173 g/mol. The van der Waals surface area contributed by atoms with Gasteiger partial charge in [-0.05, 0) is 13.3 Å². The molecule has 0 aromatic heterocycles. The average Bonchev–Trinajstić information content (AvgIpc) is 2.30. The lowest BCUT2D eigenvalue weighted by atomic mass is 10.2. The number of thioether (sulfide) groups is 1. The SMILES string of the molecule is CCC1CSC(C)N1C(C)=O. The summed E-state index contributed by atoms with van der Waals surface area (Å²) in [5, 5.41) is 0.387. The third-order valence-electron chi connectivity index (χ3n) is 2.15. The normalized spacial score (nSPS) is 31.0. The van der Waals surface area contributed by atoms with E-state index in [0.29, 0.717) is 11.4 Å². The Morgan fingerprint density at radius 3 is 2.73 bits per heavy atom. The van der Waals surface area contributed by atoms with Gasteiger partial charge >= 0.3 is 0 Å². The van der Waals surface area contributed by atoms with E-state index in [1.54, 1.807) is 6.92 Å². The molecular formula is C8H15NOS. The summed E-state index contributed by atoms with van der Waals surface area (Å²) in [5.41, 5.74) is 0. The first-order valence-electron chi connectivity index (χ1n) is 4.07. The zero-order valence-electron chi connectivity index (χ0n) is 7.33. The van der Waals surface area contributed by atoms with Crippen LogP contribution in [0.15, 0.2) is 0 Å². The molecular weight excluding hydrogens is 158 g/mol. The predicted octanol–water partition coefficient (Wildman–Crippen LogP) is 1.71. The van der Waals surface area contributed by atoms with Crippen molar-refractivity contribution in [3.8, 4) is 0 Å². The highest BCUT2D eigenvalue weighted by atomic mass is 32.2. The maximum absolute atomic E-state index is 11.1. The van der Waals surface area contributed by atoms with Gasteiger partial charge in [-0.15, -0.1) is 11.8 Å². The van der Waals surface area contributed by atoms with Gasteiger partial charge in [0, 0.05) is 18.7 Å². The van der Waals surface area contributed by atoms with E-state index in [-0.39, 0.29) is 5.91 Å². The Morgan fingerprint density at radius 2 is 2.36 bits per heavy atom. The third kappa shape index (κ3) is 1.70. The van der Waals surface area contributed by atoms with E-state index in [1.807, 2.05) is 16.7 Å². The maximum Gasteiger partial charge on any atom is 0.220 e. The number of rotatable bonds is 1. The molecule has 1 aliphatic rings. The topological polar surface area (TPSA) is 20.3 Å². The Hall–Kier alpha value is -0.180. The Bertz CT molecular complexity index is 160. The molecule has 11 heavy (non-hydrogen) atoms. The number of carbonyl (C=O) groups excluding carboxylic acids is 1. The number of amides is 1. The summed E-state index contributed by atoms with van der Waals surface area (Å²) >= 11 is 1.87. The summed E-state index contributed by atoms with van der Waals surface area (Å²) in [4.78, 5) is 13.1. The first-order valence-corrected chi connectivity index (χ1v) is 5.12. The van der Waals surface area contributed by atoms with E-state index in [9.17, 15) is 4.79 Å². The smallest absolute Gasteiger partial charge is 0.220 e. The zero-order chi connectivity index (χ0) is 8.43. The van der Waals surface area contributed by atoms with Crippen LogP contribution in [-0.2, 0) is 4.79 Å². The minimum atomic E-state index is 0.217. The van der Waals surface area contributed by atoms with Crippen molar-refractivity contribution in [2.24, 2.45) is 0 Å². The second-order valence-corrected chi connectivity index (χ2v) is 4.27. The predicted molar refractivity (Wildman–Crippen MR) is 48.5 cm³/mol. The van der Waals surface area contributed by atoms with Crippen LogP contribution in [0.3, 0.4) is 0 Å². The Labute approximate surface area is 72.3 Å². The van der Waals surface area contributed by atoms with Crippen molar-refractivity contribution < 1.29 is 4.79 Å². The van der Waals surface area contributed by atoms with Gasteiger partial charge in [0.15, 0.2) is 0 Å². The summed E-state index contributed by atoms with van der Waals surface area (Å²) in [6.45, 7) is 5.89. The van der Waals surface area contributed by atoms with Gasteiger partial charge in [-0.1, -0.05) is 6.92 Å². The van der Waals surface area contributed by atoms with E-state index in [4.69, 9.17) is 0 Å². The van der Waals surface area contributed by atoms with Crippen molar-refractivity contribution in [2.75, 3.05) is 5.75 Å². The fourth-order valence-electron chi connectivity index (χ4n) is 1.54. The molecule has 0 spiro atoms. The van der Waals surface area contributed by atoms with Gasteiger partial charge in [-0.2, -0.15) is 0 Å². The molecule has 64 valence electrons. The molecule has 0 bridgehead atoms. The van der Waals surface area contributed by atoms with Gasteiger partial charge < -0.3 is 4.90 Å². The van der Waals surface area contributed by atoms with Gasteiger partial charge in [0.1, 0.15) is 0 Å². The van der Waals surface area contributed by atoms with Crippen LogP contribution in [-0.4, -0.2) is 28.0 Å². The molecule has 0 aromatic carbocycles. The fraction of sp³-hybridized carbons (Fsp3) is 0.875. The van der Waals surface area contributed by atoms with Crippen molar-refractivity contribution in [1.82, 2.24) is 4.90 Å². The fourth-order valence-corrected chi connectivity index (χ4v) is 2.91. The van der Waals surface area contributed by atoms with Crippen molar-refractivity contribution >= 4 is 17.7 Å². The third-order valence-corrected chi connectivity index (χ3v) is 3.44. The van der Waals surface area contributed by atoms with Crippen molar-refractivity contribution in [3.63, 3.8) is 0 Å². The molecule has 0 N–H and O–H groups in total. The van der Waals surface area contributed by atoms with Crippen LogP contribution < -0.4 is 0 Å². The highest BCUT2D eigenvalue weighted by Gasteiger charge is 2.31. The van der Waals surface area contributed by atoms with Crippen LogP contribution in [0.5, 0.6) is 0 Å². The highest BCUT2D eigenvalue weighted by Crippen LogP contribution is 2.29. The molecule has 1 heterocycles. The summed E-state index contributed by atoms with van der Waals surface area (Å²) in [6, 6.07) is 0.479. The van der Waals surface area contributed by atoms with Crippen molar-refractivity contribution in [3.05, 3.63) is 0 Å². The van der Waals surface area contributed by atoms with Crippen LogP contribution in [0.2, 0.25) is 0 Å². The Balaban J connectivity index is 2.63. The van der Waals surface area contributed by atoms with Crippen LogP contribution in [0.4, 0.5) is 0 Å². The summed E-state index contributed by atoms with van der Waals surface area (Å²) in [5.74, 6) is 1.33. The van der Waals surface area contributed by atoms with E-state index in [2.05, 4.69) is 13.8 Å². The zero-order valence-corrected chi connectivity index (χ0v) is 8.15. The molecule has 2 nitrogen and oxygen atoms in total. The Morgan fingerprint density at radius 1 is 1.73 bits per heavy atom. The molecule has 0 radical (unpaired) electrons. The second-order valence-electron chi connectivity index (χ2n) is 2.92. The molecule has 2 atom stereocenters. The summed E-state index contributed by atoms with van der Waals surface area (Å²) in [6.07, 6.45) is 1.08. The van der Waals surface area contributed by atoms with Crippen LogP contribution in [0.1, 0.15) is 27.2 Å². The molecule has 1 fully saturated rings. The summed E-state index contributed by atoms with van der Waals surface area (Å²) in [7, 11) is 0. The van der Waals surface area contributed by atoms with Gasteiger partial charge in [0.25, 0.3) is 0 Å². The van der Waals surface area contributed by atoms with Gasteiger partial charge in [0.05, 0.1) is 5.37 Å². The molecule has 1 saturated heterocycles. The van der Waals surface area contributed by atoms with Gasteiger partial charge in [-0.25, -0.2) is 0 Å². The van der Waals surface area contributed by atoms with Gasteiger partial charge in [0.2, 0.25) is 5.91 Å². The first-order chi connectivity index (χ1) is 5.16. The lowest BCUT2D eigenvalue weighted by Crippen LogP contribution is -2.38. The molecule has 2 unspecified atom stereocenters. The van der Waals surface area contributed by atoms with E-state index < -0.39 is 0 Å². The van der Waals surface area contributed by atoms with Gasteiger partial charge in [-0.3, -0.25) is 4.79 Å². The minimum absolute atomic E-state index is 0.217. The molecule has 1 amide bonds. The maximum atomic E-state index is 11.1. The van der Waals surface area contributed by atoms with E-state index in [0.717, 1.165) is 12.2 Å². The molecule has 3 heteroatoms. The number of nitrogens with zero attached hydrogens (tertiary/aromatic N) is 1. The van der Waals surface area contributed by atoms with Crippen LogP contribution in [0, 0.1) is 0 Å².